The van der Waals surface area contributed by atoms with Crippen LogP contribution in [0.1, 0.15) is 28.9 Å². The highest BCUT2D eigenvalue weighted by Crippen LogP contribution is 2.25. The number of benzene rings is 3. The molecule has 0 spiro atoms. The molecule has 5 nitrogen and oxygen atoms in total. The molecule has 0 aliphatic rings. The largest absolute Gasteiger partial charge is 0.346 e. The lowest BCUT2D eigenvalue weighted by Gasteiger charge is -2.20. The van der Waals surface area contributed by atoms with Crippen molar-refractivity contribution in [3.63, 3.8) is 0 Å². The van der Waals surface area contributed by atoms with Gasteiger partial charge in [0.25, 0.3) is 15.9 Å². The number of nitrogens with zero attached hydrogens (tertiary/aromatic N) is 1. The van der Waals surface area contributed by atoms with E-state index >= 15 is 0 Å². The Kier molecular flexibility index (Phi) is 6.17. The average Bonchev–Trinajstić information content (AvgIpc) is 2.74. The average molecular weight is 430 g/mol. The van der Waals surface area contributed by atoms with Gasteiger partial charge in [0.15, 0.2) is 0 Å². The lowest BCUT2D eigenvalue weighted by atomic mass is 10.1. The van der Waals surface area contributed by atoms with E-state index in [1.807, 2.05) is 0 Å². The van der Waals surface area contributed by atoms with E-state index in [1.54, 1.807) is 19.1 Å². The summed E-state index contributed by atoms with van der Waals surface area (Å²) >= 11 is 0. The number of halogens is 2. The van der Waals surface area contributed by atoms with Crippen molar-refractivity contribution < 1.29 is 22.0 Å². The van der Waals surface area contributed by atoms with E-state index in [9.17, 15) is 22.0 Å². The number of nitrogens with one attached hydrogen (secondary N) is 1. The molecule has 3 aromatic carbocycles. The fourth-order valence-electron chi connectivity index (χ4n) is 2.91. The summed E-state index contributed by atoms with van der Waals surface area (Å²) in [5.41, 5.74) is 0.733. The number of hydrogen-bond acceptors (Lipinski definition) is 3. The Hall–Kier alpha value is -3.26. The second kappa shape index (κ2) is 8.62. The highest BCUT2D eigenvalue weighted by atomic mass is 32.2. The molecule has 0 heterocycles. The van der Waals surface area contributed by atoms with Crippen LogP contribution in [0.2, 0.25) is 0 Å². The number of anilines is 1. The summed E-state index contributed by atoms with van der Waals surface area (Å²) in [4.78, 5) is 12.5. The van der Waals surface area contributed by atoms with Crippen LogP contribution in [-0.4, -0.2) is 21.4 Å². The van der Waals surface area contributed by atoms with E-state index in [2.05, 4.69) is 5.32 Å². The van der Waals surface area contributed by atoms with Gasteiger partial charge in [0.2, 0.25) is 0 Å². The van der Waals surface area contributed by atoms with Crippen molar-refractivity contribution in [2.24, 2.45) is 0 Å². The summed E-state index contributed by atoms with van der Waals surface area (Å²) in [6, 6.07) is 16.3. The standard InChI is InChI=1S/C22H20F2N2O3S/c1-15(16-10-12-18(23)13-11-16)25-22(27)17-6-5-7-19(14-17)30(28,29)26(2)21-9-4-3-8-20(21)24/h3-15H,1-2H3,(H,25,27)/t15-/m0/s1. The molecule has 0 unspecified atom stereocenters. The van der Waals surface area contributed by atoms with Crippen LogP contribution in [0.5, 0.6) is 0 Å². The number of rotatable bonds is 6. The van der Waals surface area contributed by atoms with Crippen LogP contribution in [0.25, 0.3) is 0 Å². The van der Waals surface area contributed by atoms with Crippen LogP contribution >= 0.6 is 0 Å². The fourth-order valence-corrected chi connectivity index (χ4v) is 4.16. The lowest BCUT2D eigenvalue weighted by molar-refractivity contribution is 0.0939. The van der Waals surface area contributed by atoms with Crippen LogP contribution in [0.15, 0.2) is 77.7 Å². The number of amides is 1. The Morgan fingerprint density at radius 2 is 1.63 bits per heavy atom. The molecule has 1 atom stereocenters. The summed E-state index contributed by atoms with van der Waals surface area (Å²) in [5, 5.41) is 2.75. The highest BCUT2D eigenvalue weighted by molar-refractivity contribution is 7.92. The first-order chi connectivity index (χ1) is 14.2. The zero-order chi connectivity index (χ0) is 21.9. The minimum Gasteiger partial charge on any atom is -0.346 e. The minimum absolute atomic E-state index is 0.0997. The molecule has 1 N–H and O–H groups in total. The van der Waals surface area contributed by atoms with Gasteiger partial charge in [-0.25, -0.2) is 17.2 Å². The van der Waals surface area contributed by atoms with E-state index in [1.165, 1.54) is 67.7 Å². The van der Waals surface area contributed by atoms with Crippen LogP contribution in [-0.2, 0) is 10.0 Å². The molecule has 0 saturated heterocycles. The third kappa shape index (κ3) is 4.49. The first-order valence-electron chi connectivity index (χ1n) is 9.10. The molecular formula is C22H20F2N2O3S. The lowest BCUT2D eigenvalue weighted by Crippen LogP contribution is -2.29. The van der Waals surface area contributed by atoms with E-state index < -0.39 is 27.8 Å². The highest BCUT2D eigenvalue weighted by Gasteiger charge is 2.24. The normalized spacial score (nSPS) is 12.3. The Balaban J connectivity index is 1.83. The maximum absolute atomic E-state index is 14.0. The third-order valence-corrected chi connectivity index (χ3v) is 6.43. The van der Waals surface area contributed by atoms with Crippen molar-refractivity contribution in [1.29, 1.82) is 0 Å². The minimum atomic E-state index is -4.08. The quantitative estimate of drug-likeness (QED) is 0.635. The smallest absolute Gasteiger partial charge is 0.264 e. The number of carbonyl (C=O) groups is 1. The monoisotopic (exact) mass is 430 g/mol. The van der Waals surface area contributed by atoms with Crippen LogP contribution in [0.3, 0.4) is 0 Å². The molecule has 0 fully saturated rings. The summed E-state index contributed by atoms with van der Waals surface area (Å²) in [6.45, 7) is 1.73. The van der Waals surface area contributed by atoms with Gasteiger partial charge in [0.1, 0.15) is 11.6 Å². The zero-order valence-corrected chi connectivity index (χ0v) is 17.2. The van der Waals surface area contributed by atoms with E-state index in [0.29, 0.717) is 5.56 Å². The number of sulfonamides is 1. The molecule has 3 aromatic rings. The number of para-hydroxylation sites is 1. The first-order valence-corrected chi connectivity index (χ1v) is 10.5. The van der Waals surface area contributed by atoms with Gasteiger partial charge >= 0.3 is 0 Å². The Morgan fingerprint density at radius 1 is 0.967 bits per heavy atom. The van der Waals surface area contributed by atoms with Gasteiger partial charge in [0.05, 0.1) is 16.6 Å². The third-order valence-electron chi connectivity index (χ3n) is 4.66. The van der Waals surface area contributed by atoms with E-state index in [4.69, 9.17) is 0 Å². The zero-order valence-electron chi connectivity index (χ0n) is 16.3. The SMILES string of the molecule is C[C@H](NC(=O)c1cccc(S(=O)(=O)N(C)c2ccccc2F)c1)c1ccc(F)cc1. The number of carbonyl (C=O) groups excluding carboxylic acids is 1. The second-order valence-corrected chi connectivity index (χ2v) is 8.67. The van der Waals surface area contributed by atoms with Crippen molar-refractivity contribution >= 4 is 21.6 Å². The first kappa shape index (κ1) is 21.4. The van der Waals surface area contributed by atoms with Crippen LogP contribution in [0, 0.1) is 11.6 Å². The molecule has 0 bridgehead atoms. The van der Waals surface area contributed by atoms with Crippen LogP contribution in [0.4, 0.5) is 14.5 Å². The van der Waals surface area contributed by atoms with Gasteiger partial charge in [0, 0.05) is 12.6 Å². The van der Waals surface area contributed by atoms with E-state index in [0.717, 1.165) is 4.31 Å². The van der Waals surface area contributed by atoms with Crippen molar-refractivity contribution in [2.45, 2.75) is 17.9 Å². The second-order valence-electron chi connectivity index (χ2n) is 6.70. The molecule has 0 aliphatic carbocycles. The van der Waals surface area contributed by atoms with Gasteiger partial charge in [-0.05, 0) is 55.0 Å². The molecule has 0 radical (unpaired) electrons. The molecule has 156 valence electrons. The van der Waals surface area contributed by atoms with Crippen molar-refractivity contribution in [2.75, 3.05) is 11.4 Å². The molecule has 0 aromatic heterocycles. The molecule has 1 amide bonds. The fraction of sp³-hybridized carbons (Fsp3) is 0.136. The van der Waals surface area contributed by atoms with Crippen LogP contribution < -0.4 is 9.62 Å². The summed E-state index contributed by atoms with van der Waals surface area (Å²) < 4.78 is 53.8. The number of hydrogen-bond donors (Lipinski definition) is 1. The van der Waals surface area contributed by atoms with Crippen molar-refractivity contribution in [3.05, 3.63) is 95.6 Å². The summed E-state index contributed by atoms with van der Waals surface area (Å²) in [6.07, 6.45) is 0. The maximum atomic E-state index is 14.0. The Bertz CT molecular complexity index is 1170. The van der Waals surface area contributed by atoms with Gasteiger partial charge < -0.3 is 5.32 Å². The van der Waals surface area contributed by atoms with Crippen molar-refractivity contribution in [1.82, 2.24) is 5.32 Å². The topological polar surface area (TPSA) is 66.5 Å². The molecule has 8 heteroatoms. The summed E-state index contributed by atoms with van der Waals surface area (Å²) in [7, 11) is -2.84. The molecule has 30 heavy (non-hydrogen) atoms. The van der Waals surface area contributed by atoms with Gasteiger partial charge in [-0.2, -0.15) is 0 Å². The Labute approximate surface area is 174 Å². The summed E-state index contributed by atoms with van der Waals surface area (Å²) in [5.74, 6) is -1.54. The predicted octanol–water partition coefficient (Wildman–Crippen LogP) is 4.28. The molecule has 0 aliphatic heterocycles. The Morgan fingerprint density at radius 3 is 2.30 bits per heavy atom. The van der Waals surface area contributed by atoms with Gasteiger partial charge in [-0.1, -0.05) is 30.3 Å². The van der Waals surface area contributed by atoms with E-state index in [-0.39, 0.29) is 22.0 Å². The van der Waals surface area contributed by atoms with Gasteiger partial charge in [-0.15, -0.1) is 0 Å². The maximum Gasteiger partial charge on any atom is 0.264 e. The molecular weight excluding hydrogens is 410 g/mol. The predicted molar refractivity (Wildman–Crippen MR) is 111 cm³/mol. The molecule has 0 saturated carbocycles. The van der Waals surface area contributed by atoms with Gasteiger partial charge in [-0.3, -0.25) is 9.10 Å². The molecule has 3 rings (SSSR count). The van der Waals surface area contributed by atoms with Crippen molar-refractivity contribution in [3.8, 4) is 0 Å².